The van der Waals surface area contributed by atoms with Crippen LogP contribution in [0.2, 0.25) is 0 Å². The molecule has 2 heterocycles. The molecule has 2 aromatic carbocycles. The van der Waals surface area contributed by atoms with Gasteiger partial charge in [-0.25, -0.2) is 13.4 Å². The molecule has 1 N–H and O–H groups in total. The summed E-state index contributed by atoms with van der Waals surface area (Å²) < 4.78 is 33.1. The van der Waals surface area contributed by atoms with Gasteiger partial charge < -0.3 is 15.0 Å². The molecule has 0 atom stereocenters. The molecule has 1 aliphatic heterocycles. The van der Waals surface area contributed by atoms with Crippen molar-refractivity contribution >= 4 is 38.3 Å². The highest BCUT2D eigenvalue weighted by atomic mass is 32.2. The number of piperazine rings is 1. The predicted octanol–water partition coefficient (Wildman–Crippen LogP) is 3.02. The summed E-state index contributed by atoms with van der Waals surface area (Å²) in [5, 5.41) is 3.68. The van der Waals surface area contributed by atoms with Crippen LogP contribution in [0.5, 0.6) is 5.75 Å². The lowest BCUT2D eigenvalue weighted by Gasteiger charge is -2.35. The van der Waals surface area contributed by atoms with Crippen LogP contribution < -0.4 is 15.0 Å². The second kappa shape index (κ2) is 8.76. The lowest BCUT2D eigenvalue weighted by atomic mass is 10.1. The Balaban J connectivity index is 1.51. The highest BCUT2D eigenvalue weighted by Crippen LogP contribution is 2.30. The standard InChI is InChI=1S/C23H26N4O4S/c1-16-15-22(25-23-20(16)5-4-6-21(23)31-3)26-11-13-27(14-12-26)32(29,30)19-9-7-18(8-10-19)24-17(2)28/h4-10,15H,11-14H2,1-3H3,(H,24,28). The van der Waals surface area contributed by atoms with Gasteiger partial charge >= 0.3 is 0 Å². The molecule has 1 amide bonds. The van der Waals surface area contributed by atoms with E-state index in [4.69, 9.17) is 9.72 Å². The second-order valence-corrected chi connectivity index (χ2v) is 9.69. The smallest absolute Gasteiger partial charge is 0.243 e. The Bertz CT molecular complexity index is 1250. The van der Waals surface area contributed by atoms with E-state index < -0.39 is 10.0 Å². The third-order valence-corrected chi connectivity index (χ3v) is 7.50. The van der Waals surface area contributed by atoms with Gasteiger partial charge in [-0.2, -0.15) is 4.31 Å². The van der Waals surface area contributed by atoms with E-state index in [1.165, 1.54) is 23.4 Å². The van der Waals surface area contributed by atoms with Crippen molar-refractivity contribution in [2.75, 3.05) is 43.5 Å². The van der Waals surface area contributed by atoms with Crippen LogP contribution in [0.3, 0.4) is 0 Å². The Morgan fingerprint density at radius 3 is 2.38 bits per heavy atom. The number of nitrogens with zero attached hydrogens (tertiary/aromatic N) is 3. The molecule has 9 heteroatoms. The topological polar surface area (TPSA) is 91.8 Å². The fraction of sp³-hybridized carbons (Fsp3) is 0.304. The summed E-state index contributed by atoms with van der Waals surface area (Å²) in [5.41, 5.74) is 2.46. The molecule has 0 bridgehead atoms. The van der Waals surface area contributed by atoms with E-state index in [2.05, 4.69) is 10.2 Å². The Labute approximate surface area is 187 Å². The molecular weight excluding hydrogens is 428 g/mol. The van der Waals surface area contributed by atoms with E-state index in [1.54, 1.807) is 19.2 Å². The minimum Gasteiger partial charge on any atom is -0.494 e. The first-order valence-electron chi connectivity index (χ1n) is 10.4. The van der Waals surface area contributed by atoms with Crippen molar-refractivity contribution in [3.8, 4) is 5.75 Å². The van der Waals surface area contributed by atoms with E-state index in [0.717, 1.165) is 28.0 Å². The number of para-hydroxylation sites is 1. The van der Waals surface area contributed by atoms with Crippen molar-refractivity contribution in [2.45, 2.75) is 18.7 Å². The number of carbonyl (C=O) groups is 1. The predicted molar refractivity (Wildman–Crippen MR) is 125 cm³/mol. The maximum Gasteiger partial charge on any atom is 0.243 e. The summed E-state index contributed by atoms with van der Waals surface area (Å²) in [6.45, 7) is 5.25. The maximum atomic E-state index is 13.1. The molecule has 0 spiro atoms. The molecule has 8 nitrogen and oxygen atoms in total. The van der Waals surface area contributed by atoms with Crippen molar-refractivity contribution in [1.29, 1.82) is 0 Å². The largest absolute Gasteiger partial charge is 0.494 e. The normalized spacial score (nSPS) is 15.0. The third kappa shape index (κ3) is 4.26. The van der Waals surface area contributed by atoms with Crippen molar-refractivity contribution in [1.82, 2.24) is 9.29 Å². The zero-order valence-corrected chi connectivity index (χ0v) is 19.1. The van der Waals surface area contributed by atoms with Crippen molar-refractivity contribution < 1.29 is 17.9 Å². The SMILES string of the molecule is COc1cccc2c(C)cc(N3CCN(S(=O)(=O)c4ccc(NC(C)=O)cc4)CC3)nc12. The van der Waals surface area contributed by atoms with Crippen molar-refractivity contribution in [3.05, 3.63) is 54.1 Å². The zero-order chi connectivity index (χ0) is 22.9. The van der Waals surface area contributed by atoms with Crippen LogP contribution in [0, 0.1) is 6.92 Å². The van der Waals surface area contributed by atoms with Gasteiger partial charge in [-0.3, -0.25) is 4.79 Å². The highest BCUT2D eigenvalue weighted by molar-refractivity contribution is 7.89. The average Bonchev–Trinajstić information content (AvgIpc) is 2.78. The number of pyridine rings is 1. The molecule has 1 saturated heterocycles. The molecule has 4 rings (SSSR count). The number of fused-ring (bicyclic) bond motifs is 1. The molecule has 168 valence electrons. The Morgan fingerprint density at radius 1 is 1.06 bits per heavy atom. The summed E-state index contributed by atoms with van der Waals surface area (Å²) in [7, 11) is -1.98. The Kier molecular flexibility index (Phi) is 6.03. The summed E-state index contributed by atoms with van der Waals surface area (Å²) in [6, 6.07) is 14.1. The quantitative estimate of drug-likeness (QED) is 0.637. The van der Waals surface area contributed by atoms with Crippen LogP contribution in [0.4, 0.5) is 11.5 Å². The van der Waals surface area contributed by atoms with Gasteiger partial charge in [-0.15, -0.1) is 0 Å². The van der Waals surface area contributed by atoms with E-state index in [-0.39, 0.29) is 10.8 Å². The van der Waals surface area contributed by atoms with Crippen LogP contribution in [-0.2, 0) is 14.8 Å². The molecule has 0 aliphatic carbocycles. The van der Waals surface area contributed by atoms with Gasteiger partial charge in [0, 0.05) is 44.2 Å². The molecule has 1 aromatic heterocycles. The lowest BCUT2D eigenvalue weighted by Crippen LogP contribution is -2.48. The molecule has 3 aromatic rings. The number of nitrogens with one attached hydrogen (secondary N) is 1. The van der Waals surface area contributed by atoms with Gasteiger partial charge in [-0.1, -0.05) is 12.1 Å². The van der Waals surface area contributed by atoms with Crippen LogP contribution in [0.1, 0.15) is 12.5 Å². The van der Waals surface area contributed by atoms with Crippen molar-refractivity contribution in [2.24, 2.45) is 0 Å². The molecule has 1 aliphatic rings. The number of aryl methyl sites for hydroxylation is 1. The lowest BCUT2D eigenvalue weighted by molar-refractivity contribution is -0.114. The summed E-state index contributed by atoms with van der Waals surface area (Å²) in [5.74, 6) is 1.33. The summed E-state index contributed by atoms with van der Waals surface area (Å²) >= 11 is 0. The van der Waals surface area contributed by atoms with Gasteiger partial charge in [-0.05, 0) is 48.9 Å². The summed E-state index contributed by atoms with van der Waals surface area (Å²) in [6.07, 6.45) is 0. The monoisotopic (exact) mass is 454 g/mol. The molecule has 32 heavy (non-hydrogen) atoms. The van der Waals surface area contributed by atoms with E-state index in [9.17, 15) is 13.2 Å². The zero-order valence-electron chi connectivity index (χ0n) is 18.3. The van der Waals surface area contributed by atoms with Crippen LogP contribution in [-0.4, -0.2) is 56.9 Å². The first kappa shape index (κ1) is 22.0. The number of rotatable bonds is 5. The number of ether oxygens (including phenoxy) is 1. The van der Waals surface area contributed by atoms with Crippen molar-refractivity contribution in [3.63, 3.8) is 0 Å². The van der Waals surface area contributed by atoms with Gasteiger partial charge in [0.2, 0.25) is 15.9 Å². The molecule has 0 unspecified atom stereocenters. The van der Waals surface area contributed by atoms with Gasteiger partial charge in [0.15, 0.2) is 0 Å². The minimum absolute atomic E-state index is 0.202. The van der Waals surface area contributed by atoms with Crippen LogP contribution in [0.15, 0.2) is 53.4 Å². The van der Waals surface area contributed by atoms with Gasteiger partial charge in [0.1, 0.15) is 17.1 Å². The summed E-state index contributed by atoms with van der Waals surface area (Å²) in [4.78, 5) is 18.3. The molecule has 1 fully saturated rings. The minimum atomic E-state index is -3.61. The number of aromatic nitrogens is 1. The van der Waals surface area contributed by atoms with Crippen LogP contribution in [0.25, 0.3) is 10.9 Å². The number of benzene rings is 2. The fourth-order valence-corrected chi connectivity index (χ4v) is 5.34. The van der Waals surface area contributed by atoms with E-state index >= 15 is 0 Å². The maximum absolute atomic E-state index is 13.1. The number of methoxy groups -OCH3 is 1. The van der Waals surface area contributed by atoms with E-state index in [0.29, 0.717) is 31.9 Å². The number of sulfonamides is 1. The van der Waals surface area contributed by atoms with Gasteiger partial charge in [0.25, 0.3) is 0 Å². The second-order valence-electron chi connectivity index (χ2n) is 7.75. The number of amides is 1. The number of hydrogen-bond acceptors (Lipinski definition) is 6. The first-order chi connectivity index (χ1) is 15.3. The Morgan fingerprint density at radius 2 is 1.75 bits per heavy atom. The van der Waals surface area contributed by atoms with Gasteiger partial charge in [0.05, 0.1) is 12.0 Å². The van der Waals surface area contributed by atoms with Crippen LogP contribution >= 0.6 is 0 Å². The number of hydrogen-bond donors (Lipinski definition) is 1. The Hall–Kier alpha value is -3.17. The third-order valence-electron chi connectivity index (χ3n) is 5.59. The molecule has 0 saturated carbocycles. The number of carbonyl (C=O) groups excluding carboxylic acids is 1. The number of anilines is 2. The first-order valence-corrected chi connectivity index (χ1v) is 11.8. The highest BCUT2D eigenvalue weighted by Gasteiger charge is 2.29. The average molecular weight is 455 g/mol. The van der Waals surface area contributed by atoms with E-state index in [1.807, 2.05) is 31.2 Å². The fourth-order valence-electron chi connectivity index (χ4n) is 3.92. The molecule has 0 radical (unpaired) electrons. The molecular formula is C23H26N4O4S.